The predicted octanol–water partition coefficient (Wildman–Crippen LogP) is 2.34. The third kappa shape index (κ3) is 3.96. The van der Waals surface area contributed by atoms with Gasteiger partial charge in [0.05, 0.1) is 4.47 Å². The Morgan fingerprint density at radius 3 is 2.85 bits per heavy atom. The van der Waals surface area contributed by atoms with E-state index >= 15 is 0 Å². The summed E-state index contributed by atoms with van der Waals surface area (Å²) >= 11 is 3.47. The molecule has 0 aliphatic heterocycles. The van der Waals surface area contributed by atoms with Gasteiger partial charge < -0.3 is 15.4 Å². The van der Waals surface area contributed by atoms with E-state index in [0.29, 0.717) is 6.04 Å². The summed E-state index contributed by atoms with van der Waals surface area (Å²) in [4.78, 5) is 13.8. The number of carbonyl (C=O) groups is 1. The number of amides is 1. The van der Waals surface area contributed by atoms with E-state index in [0.717, 1.165) is 35.0 Å². The summed E-state index contributed by atoms with van der Waals surface area (Å²) in [5.74, 6) is 0.748. The number of para-hydroxylation sites is 1. The van der Waals surface area contributed by atoms with Crippen molar-refractivity contribution >= 4 is 21.8 Å². The average molecular weight is 341 g/mol. The molecule has 1 saturated carbocycles. The van der Waals surface area contributed by atoms with Crippen LogP contribution in [0.1, 0.15) is 25.3 Å². The smallest absolute Gasteiger partial charge is 0.260 e. The van der Waals surface area contributed by atoms with Crippen molar-refractivity contribution < 1.29 is 9.53 Å². The SMILES string of the molecule is CC(N)Cc1cccc(Br)c1OCC(=O)N(C)C1CC1. The molecule has 1 aliphatic rings. The highest BCUT2D eigenvalue weighted by molar-refractivity contribution is 9.10. The summed E-state index contributed by atoms with van der Waals surface area (Å²) in [7, 11) is 1.84. The van der Waals surface area contributed by atoms with Gasteiger partial charge in [-0.3, -0.25) is 4.79 Å². The molecule has 1 atom stereocenters. The lowest BCUT2D eigenvalue weighted by Crippen LogP contribution is -2.33. The number of rotatable bonds is 6. The molecule has 20 heavy (non-hydrogen) atoms. The van der Waals surface area contributed by atoms with E-state index in [1.807, 2.05) is 32.2 Å². The minimum absolute atomic E-state index is 0.0231. The fraction of sp³-hybridized carbons (Fsp3) is 0.533. The quantitative estimate of drug-likeness (QED) is 0.864. The van der Waals surface area contributed by atoms with Crippen molar-refractivity contribution in [1.29, 1.82) is 0 Å². The Balaban J connectivity index is 2.02. The summed E-state index contributed by atoms with van der Waals surface area (Å²) in [5, 5.41) is 0. The van der Waals surface area contributed by atoms with Crippen molar-refractivity contribution in [3.05, 3.63) is 28.2 Å². The minimum atomic E-state index is 0.0231. The zero-order chi connectivity index (χ0) is 14.7. The first-order valence-electron chi connectivity index (χ1n) is 6.90. The van der Waals surface area contributed by atoms with Crippen LogP contribution >= 0.6 is 15.9 Å². The molecule has 1 unspecified atom stereocenters. The minimum Gasteiger partial charge on any atom is -0.482 e. The normalized spacial score (nSPS) is 15.8. The topological polar surface area (TPSA) is 55.6 Å². The lowest BCUT2D eigenvalue weighted by molar-refractivity contribution is -0.132. The Morgan fingerprint density at radius 1 is 1.55 bits per heavy atom. The number of halogens is 1. The fourth-order valence-corrected chi connectivity index (χ4v) is 2.65. The van der Waals surface area contributed by atoms with Gasteiger partial charge in [-0.15, -0.1) is 0 Å². The average Bonchev–Trinajstić information content (AvgIpc) is 3.20. The number of carbonyl (C=O) groups excluding carboxylic acids is 1. The van der Waals surface area contributed by atoms with Gasteiger partial charge in [0, 0.05) is 19.1 Å². The predicted molar refractivity (Wildman–Crippen MR) is 82.8 cm³/mol. The molecule has 5 heteroatoms. The number of hydrogen-bond acceptors (Lipinski definition) is 3. The van der Waals surface area contributed by atoms with Gasteiger partial charge in [-0.2, -0.15) is 0 Å². The van der Waals surface area contributed by atoms with Crippen LogP contribution in [0, 0.1) is 0 Å². The zero-order valence-corrected chi connectivity index (χ0v) is 13.5. The van der Waals surface area contributed by atoms with E-state index in [4.69, 9.17) is 10.5 Å². The first-order chi connectivity index (χ1) is 9.49. The Bertz CT molecular complexity index is 487. The largest absolute Gasteiger partial charge is 0.482 e. The van der Waals surface area contributed by atoms with Gasteiger partial charge in [0.1, 0.15) is 5.75 Å². The second kappa shape index (κ2) is 6.59. The molecule has 4 nitrogen and oxygen atoms in total. The van der Waals surface area contributed by atoms with Crippen molar-refractivity contribution in [3.63, 3.8) is 0 Å². The molecule has 110 valence electrons. The van der Waals surface area contributed by atoms with Crippen LogP contribution in [0.25, 0.3) is 0 Å². The number of ether oxygens (including phenoxy) is 1. The number of nitrogens with zero attached hydrogens (tertiary/aromatic N) is 1. The molecule has 2 N–H and O–H groups in total. The van der Waals surface area contributed by atoms with Crippen LogP contribution in [-0.4, -0.2) is 36.5 Å². The number of benzene rings is 1. The maximum absolute atomic E-state index is 12.0. The van der Waals surface area contributed by atoms with E-state index < -0.39 is 0 Å². The standard InChI is InChI=1S/C15H21BrN2O2/c1-10(17)8-11-4-3-5-13(16)15(11)20-9-14(19)18(2)12-6-7-12/h3-5,10,12H,6-9,17H2,1-2H3. The first-order valence-corrected chi connectivity index (χ1v) is 7.69. The lowest BCUT2D eigenvalue weighted by atomic mass is 10.1. The number of nitrogens with two attached hydrogens (primary N) is 1. The van der Waals surface area contributed by atoms with E-state index in [2.05, 4.69) is 15.9 Å². The van der Waals surface area contributed by atoms with Crippen LogP contribution in [0.15, 0.2) is 22.7 Å². The summed E-state index contributed by atoms with van der Waals surface area (Å²) in [6, 6.07) is 6.31. The summed E-state index contributed by atoms with van der Waals surface area (Å²) in [6.07, 6.45) is 2.93. The van der Waals surface area contributed by atoms with Gasteiger partial charge >= 0.3 is 0 Å². The van der Waals surface area contributed by atoms with Gasteiger partial charge in [-0.1, -0.05) is 12.1 Å². The van der Waals surface area contributed by atoms with Crippen LogP contribution in [0.3, 0.4) is 0 Å². The van der Waals surface area contributed by atoms with Crippen molar-refractivity contribution in [1.82, 2.24) is 4.90 Å². The molecular formula is C15H21BrN2O2. The van der Waals surface area contributed by atoms with E-state index in [9.17, 15) is 4.79 Å². The van der Waals surface area contributed by atoms with Crippen LogP contribution in [0.2, 0.25) is 0 Å². The molecule has 0 heterocycles. The fourth-order valence-electron chi connectivity index (χ4n) is 2.12. The van der Waals surface area contributed by atoms with Crippen LogP contribution < -0.4 is 10.5 Å². The molecule has 1 amide bonds. The molecule has 1 aromatic rings. The van der Waals surface area contributed by atoms with Crippen molar-refractivity contribution in [3.8, 4) is 5.75 Å². The number of hydrogen-bond donors (Lipinski definition) is 1. The molecule has 1 fully saturated rings. The third-order valence-electron chi connectivity index (χ3n) is 3.42. The highest BCUT2D eigenvalue weighted by Gasteiger charge is 2.29. The summed E-state index contributed by atoms with van der Waals surface area (Å²) in [6.45, 7) is 2.03. The highest BCUT2D eigenvalue weighted by atomic mass is 79.9. The molecule has 0 aromatic heterocycles. The summed E-state index contributed by atoms with van der Waals surface area (Å²) < 4.78 is 6.59. The Labute approximate surface area is 128 Å². The lowest BCUT2D eigenvalue weighted by Gasteiger charge is -2.18. The molecule has 1 aromatic carbocycles. The molecule has 0 saturated heterocycles. The Morgan fingerprint density at radius 2 is 2.25 bits per heavy atom. The Kier molecular flexibility index (Phi) is 5.05. The summed E-state index contributed by atoms with van der Waals surface area (Å²) in [5.41, 5.74) is 6.87. The van der Waals surface area contributed by atoms with Gasteiger partial charge in [-0.25, -0.2) is 0 Å². The van der Waals surface area contributed by atoms with Gasteiger partial charge in [-0.05, 0) is 53.7 Å². The molecule has 0 bridgehead atoms. The molecule has 0 spiro atoms. The van der Waals surface area contributed by atoms with Crippen molar-refractivity contribution in [2.45, 2.75) is 38.3 Å². The zero-order valence-electron chi connectivity index (χ0n) is 11.9. The highest BCUT2D eigenvalue weighted by Crippen LogP contribution is 2.30. The first kappa shape index (κ1) is 15.3. The van der Waals surface area contributed by atoms with Crippen LogP contribution in [0.5, 0.6) is 5.75 Å². The van der Waals surface area contributed by atoms with Crippen molar-refractivity contribution in [2.24, 2.45) is 5.73 Å². The Hall–Kier alpha value is -1.07. The maximum atomic E-state index is 12.0. The van der Waals surface area contributed by atoms with Crippen LogP contribution in [0.4, 0.5) is 0 Å². The second-order valence-corrected chi connectivity index (χ2v) is 6.29. The maximum Gasteiger partial charge on any atom is 0.260 e. The third-order valence-corrected chi connectivity index (χ3v) is 4.04. The van der Waals surface area contributed by atoms with Gasteiger partial charge in [0.15, 0.2) is 6.61 Å². The molecule has 1 aliphatic carbocycles. The number of likely N-dealkylation sites (N-methyl/N-ethyl adjacent to an activating group) is 1. The molecule has 0 radical (unpaired) electrons. The molecule has 2 rings (SSSR count). The van der Waals surface area contributed by atoms with Crippen LogP contribution in [-0.2, 0) is 11.2 Å². The van der Waals surface area contributed by atoms with Gasteiger partial charge in [0.2, 0.25) is 0 Å². The van der Waals surface area contributed by atoms with E-state index in [1.54, 1.807) is 4.90 Å². The molecular weight excluding hydrogens is 320 g/mol. The van der Waals surface area contributed by atoms with E-state index in [-0.39, 0.29) is 18.6 Å². The second-order valence-electron chi connectivity index (χ2n) is 5.43. The van der Waals surface area contributed by atoms with Gasteiger partial charge in [0.25, 0.3) is 5.91 Å². The van der Waals surface area contributed by atoms with E-state index in [1.165, 1.54) is 0 Å². The van der Waals surface area contributed by atoms with Crippen molar-refractivity contribution in [2.75, 3.05) is 13.7 Å². The monoisotopic (exact) mass is 340 g/mol.